The van der Waals surface area contributed by atoms with Crippen molar-refractivity contribution < 1.29 is 14.3 Å². The molecule has 3 aromatic rings. The summed E-state index contributed by atoms with van der Waals surface area (Å²) in [6.07, 6.45) is 8.43. The Hall–Kier alpha value is -3.19. The summed E-state index contributed by atoms with van der Waals surface area (Å²) in [6.45, 7) is 4.78. The number of carbonyl (C=O) groups excluding carboxylic acids is 2. The summed E-state index contributed by atoms with van der Waals surface area (Å²) in [5, 5.41) is 6.50. The Labute approximate surface area is 243 Å². The maximum atomic E-state index is 13.4. The number of ether oxygens (including phenoxy) is 1. The number of benzene rings is 2. The molecule has 2 aromatic carbocycles. The zero-order valence-electron chi connectivity index (χ0n) is 23.8. The van der Waals surface area contributed by atoms with E-state index in [1.165, 1.54) is 16.9 Å². The third-order valence-electron chi connectivity index (χ3n) is 8.10. The van der Waals surface area contributed by atoms with Crippen molar-refractivity contribution in [3.8, 4) is 0 Å². The van der Waals surface area contributed by atoms with E-state index in [0.717, 1.165) is 61.3 Å². The Kier molecular flexibility index (Phi) is 11.6. The molecule has 0 unspecified atom stereocenters. The number of hydrogen-bond acceptors (Lipinski definition) is 5. The van der Waals surface area contributed by atoms with Gasteiger partial charge in [-0.2, -0.15) is 0 Å². The van der Waals surface area contributed by atoms with Crippen LogP contribution in [0.2, 0.25) is 0 Å². The Bertz CT molecular complexity index is 1150. The summed E-state index contributed by atoms with van der Waals surface area (Å²) in [6, 6.07) is 20.4. The average molecular weight is 562 g/mol. The van der Waals surface area contributed by atoms with Crippen LogP contribution in [0.15, 0.2) is 72.4 Å². The van der Waals surface area contributed by atoms with Gasteiger partial charge in [0, 0.05) is 24.2 Å². The summed E-state index contributed by atoms with van der Waals surface area (Å²) in [7, 11) is 0. The highest BCUT2D eigenvalue weighted by Crippen LogP contribution is 2.33. The molecule has 2 atom stereocenters. The monoisotopic (exact) mass is 561 g/mol. The highest BCUT2D eigenvalue weighted by Gasteiger charge is 2.29. The number of aromatic nitrogens is 1. The van der Waals surface area contributed by atoms with Crippen LogP contribution in [0.1, 0.15) is 68.4 Å². The van der Waals surface area contributed by atoms with Gasteiger partial charge < -0.3 is 15.4 Å². The fourth-order valence-corrected chi connectivity index (χ4v) is 6.18. The number of carbonyl (C=O) groups is 2. The van der Waals surface area contributed by atoms with Crippen LogP contribution in [0.25, 0.3) is 0 Å². The van der Waals surface area contributed by atoms with Gasteiger partial charge in [-0.05, 0) is 74.3 Å². The molecule has 6 nitrogen and oxygen atoms in total. The molecule has 1 aliphatic rings. The minimum absolute atomic E-state index is 0.00832. The van der Waals surface area contributed by atoms with Crippen LogP contribution in [0.3, 0.4) is 0 Å². The van der Waals surface area contributed by atoms with Gasteiger partial charge in [0.2, 0.25) is 5.91 Å². The van der Waals surface area contributed by atoms with Gasteiger partial charge in [0.1, 0.15) is 6.61 Å². The van der Waals surface area contributed by atoms with Crippen molar-refractivity contribution in [3.05, 3.63) is 88.4 Å². The number of nitrogens with zero attached hydrogens (tertiary/aromatic N) is 1. The lowest BCUT2D eigenvalue weighted by atomic mass is 9.76. The topological polar surface area (TPSA) is 80.3 Å². The number of thiazole rings is 1. The lowest BCUT2D eigenvalue weighted by molar-refractivity contribution is -0.127. The van der Waals surface area contributed by atoms with Crippen LogP contribution in [-0.4, -0.2) is 29.1 Å². The number of hydrogen-bond donors (Lipinski definition) is 2. The maximum absolute atomic E-state index is 13.4. The molecule has 0 radical (unpaired) electrons. The lowest BCUT2D eigenvalue weighted by Gasteiger charge is -2.31. The van der Waals surface area contributed by atoms with Gasteiger partial charge >= 0.3 is 6.09 Å². The maximum Gasteiger partial charge on any atom is 0.407 e. The third-order valence-corrected chi connectivity index (χ3v) is 8.85. The van der Waals surface area contributed by atoms with Crippen molar-refractivity contribution in [1.82, 2.24) is 15.6 Å². The Balaban J connectivity index is 1.39. The van der Waals surface area contributed by atoms with Gasteiger partial charge in [-0.1, -0.05) is 74.5 Å². The van der Waals surface area contributed by atoms with E-state index in [-0.39, 0.29) is 30.5 Å². The number of rotatable bonds is 13. The summed E-state index contributed by atoms with van der Waals surface area (Å²) in [4.78, 5) is 31.0. The van der Waals surface area contributed by atoms with Gasteiger partial charge in [0.05, 0.1) is 10.4 Å². The molecule has 7 heteroatoms. The quantitative estimate of drug-likeness (QED) is 0.237. The van der Waals surface area contributed by atoms with Crippen molar-refractivity contribution in [3.63, 3.8) is 0 Å². The second-order valence-corrected chi connectivity index (χ2v) is 12.4. The molecule has 0 aliphatic heterocycles. The summed E-state index contributed by atoms with van der Waals surface area (Å²) < 4.78 is 5.48. The van der Waals surface area contributed by atoms with Gasteiger partial charge in [0.25, 0.3) is 0 Å². The van der Waals surface area contributed by atoms with E-state index in [4.69, 9.17) is 4.74 Å². The number of nitrogens with one attached hydrogen (secondary N) is 2. The van der Waals surface area contributed by atoms with Gasteiger partial charge in [0.15, 0.2) is 0 Å². The van der Waals surface area contributed by atoms with E-state index in [1.807, 2.05) is 36.4 Å². The lowest BCUT2D eigenvalue weighted by Crippen LogP contribution is -2.43. The van der Waals surface area contributed by atoms with Crippen LogP contribution < -0.4 is 10.6 Å². The molecule has 0 saturated heterocycles. The SMILES string of the molecule is CC(C)C1CCC(C(=O)N[C@H](CC[C@H](Cc2ccccc2)NC(=O)OCc2cncs2)Cc2ccccc2)CC1. The molecule has 1 saturated carbocycles. The molecule has 0 bridgehead atoms. The first kappa shape index (κ1) is 29.8. The largest absolute Gasteiger partial charge is 0.444 e. The Morgan fingerprint density at radius 2 is 1.45 bits per heavy atom. The molecule has 4 rings (SSSR count). The molecule has 1 heterocycles. The fraction of sp³-hybridized carbons (Fsp3) is 0.485. The third kappa shape index (κ3) is 9.77. The normalized spacial score (nSPS) is 18.6. The van der Waals surface area contributed by atoms with Crippen molar-refractivity contribution in [2.45, 2.75) is 83.9 Å². The zero-order chi connectivity index (χ0) is 28.2. The Morgan fingerprint density at radius 3 is 1.98 bits per heavy atom. The second kappa shape index (κ2) is 15.6. The molecular formula is C33H43N3O3S. The molecule has 1 aromatic heterocycles. The highest BCUT2D eigenvalue weighted by atomic mass is 32.1. The van der Waals surface area contributed by atoms with Crippen LogP contribution in [0, 0.1) is 17.8 Å². The van der Waals surface area contributed by atoms with E-state index in [2.05, 4.69) is 53.7 Å². The predicted molar refractivity (Wildman–Crippen MR) is 161 cm³/mol. The van der Waals surface area contributed by atoms with E-state index in [1.54, 1.807) is 11.7 Å². The second-order valence-electron chi connectivity index (χ2n) is 11.4. The molecule has 1 fully saturated rings. The first-order valence-electron chi connectivity index (χ1n) is 14.6. The fourth-order valence-electron chi connectivity index (χ4n) is 5.68. The van der Waals surface area contributed by atoms with Crippen molar-refractivity contribution in [2.75, 3.05) is 0 Å². The first-order valence-corrected chi connectivity index (χ1v) is 15.5. The molecule has 214 valence electrons. The Morgan fingerprint density at radius 1 is 0.875 bits per heavy atom. The standard InChI is InChI=1S/C33H43N3O3S/c1-24(2)27-13-15-28(16-14-27)32(37)35-29(19-25-9-5-3-6-10-25)17-18-30(20-26-11-7-4-8-12-26)36-33(38)39-22-31-21-34-23-40-31/h3-12,21,23-24,27-30H,13-20,22H2,1-2H3,(H,35,37)(H,36,38)/t27?,28?,29-,30-/m1/s1. The molecule has 0 spiro atoms. The van der Waals surface area contributed by atoms with Crippen LogP contribution >= 0.6 is 11.3 Å². The van der Waals surface area contributed by atoms with Crippen LogP contribution in [-0.2, 0) is 29.0 Å². The van der Waals surface area contributed by atoms with Gasteiger partial charge in [-0.3, -0.25) is 9.78 Å². The molecule has 40 heavy (non-hydrogen) atoms. The predicted octanol–water partition coefficient (Wildman–Crippen LogP) is 6.95. The van der Waals surface area contributed by atoms with Gasteiger partial charge in [-0.15, -0.1) is 11.3 Å². The first-order chi connectivity index (χ1) is 19.5. The molecule has 1 aliphatic carbocycles. The number of alkyl carbamates (subject to hydrolysis) is 1. The number of amides is 2. The van der Waals surface area contributed by atoms with Crippen molar-refractivity contribution >= 4 is 23.3 Å². The van der Waals surface area contributed by atoms with E-state index >= 15 is 0 Å². The van der Waals surface area contributed by atoms with E-state index in [0.29, 0.717) is 12.3 Å². The van der Waals surface area contributed by atoms with Crippen LogP contribution in [0.5, 0.6) is 0 Å². The van der Waals surface area contributed by atoms with Gasteiger partial charge in [-0.25, -0.2) is 4.79 Å². The minimum atomic E-state index is -0.431. The van der Waals surface area contributed by atoms with Crippen molar-refractivity contribution in [1.29, 1.82) is 0 Å². The summed E-state index contributed by atoms with van der Waals surface area (Å²) in [5.74, 6) is 1.68. The summed E-state index contributed by atoms with van der Waals surface area (Å²) in [5.41, 5.74) is 4.08. The zero-order valence-corrected chi connectivity index (χ0v) is 24.6. The van der Waals surface area contributed by atoms with Crippen molar-refractivity contribution in [2.24, 2.45) is 17.8 Å². The average Bonchev–Trinajstić information content (AvgIpc) is 3.50. The minimum Gasteiger partial charge on any atom is -0.444 e. The highest BCUT2D eigenvalue weighted by molar-refractivity contribution is 7.09. The van der Waals surface area contributed by atoms with E-state index in [9.17, 15) is 9.59 Å². The summed E-state index contributed by atoms with van der Waals surface area (Å²) >= 11 is 1.46. The molecule has 2 N–H and O–H groups in total. The van der Waals surface area contributed by atoms with E-state index < -0.39 is 6.09 Å². The smallest absolute Gasteiger partial charge is 0.407 e. The molecular weight excluding hydrogens is 518 g/mol. The van der Waals surface area contributed by atoms with Crippen LogP contribution in [0.4, 0.5) is 4.79 Å². The molecule has 2 amide bonds.